The zero-order valence-corrected chi connectivity index (χ0v) is 13.0. The molecule has 1 saturated heterocycles. The van der Waals surface area contributed by atoms with Gasteiger partial charge in [-0.1, -0.05) is 0 Å². The molecule has 0 saturated carbocycles. The van der Waals surface area contributed by atoms with Crippen LogP contribution in [0.15, 0.2) is 24.4 Å². The zero-order chi connectivity index (χ0) is 15.7. The van der Waals surface area contributed by atoms with E-state index in [4.69, 9.17) is 10.5 Å². The number of benzene rings is 1. The molecule has 1 fully saturated rings. The minimum atomic E-state index is -0.842. The lowest BCUT2D eigenvalue weighted by Gasteiger charge is -2.31. The van der Waals surface area contributed by atoms with Crippen LogP contribution in [0.4, 0.5) is 5.69 Å². The lowest BCUT2D eigenvalue weighted by Crippen LogP contribution is -2.54. The summed E-state index contributed by atoms with van der Waals surface area (Å²) in [6.07, 6.45) is 2.93. The van der Waals surface area contributed by atoms with Crippen molar-refractivity contribution in [2.75, 3.05) is 18.5 Å². The Labute approximate surface area is 129 Å². The number of aromatic nitrogens is 2. The molecule has 118 valence electrons. The predicted molar refractivity (Wildman–Crippen MR) is 85.7 cm³/mol. The van der Waals surface area contributed by atoms with Gasteiger partial charge in [-0.3, -0.25) is 9.48 Å². The molecule has 1 amide bonds. The maximum absolute atomic E-state index is 12.5. The molecule has 0 spiro atoms. The van der Waals surface area contributed by atoms with Gasteiger partial charge in [-0.25, -0.2) is 0 Å². The fourth-order valence-electron chi connectivity index (χ4n) is 2.75. The molecule has 1 aliphatic heterocycles. The molecule has 6 heteroatoms. The van der Waals surface area contributed by atoms with Crippen LogP contribution in [0.3, 0.4) is 0 Å². The van der Waals surface area contributed by atoms with Crippen molar-refractivity contribution in [2.45, 2.75) is 38.3 Å². The van der Waals surface area contributed by atoms with Crippen LogP contribution in [0, 0.1) is 0 Å². The average molecular weight is 302 g/mol. The summed E-state index contributed by atoms with van der Waals surface area (Å²) < 4.78 is 7.23. The van der Waals surface area contributed by atoms with Gasteiger partial charge in [-0.15, -0.1) is 0 Å². The molecule has 1 aromatic heterocycles. The molecule has 0 aliphatic carbocycles. The normalized spacial score (nSPS) is 17.8. The minimum Gasteiger partial charge on any atom is -0.381 e. The van der Waals surface area contributed by atoms with Crippen molar-refractivity contribution < 1.29 is 9.53 Å². The van der Waals surface area contributed by atoms with Crippen molar-refractivity contribution in [1.29, 1.82) is 0 Å². The molecule has 0 radical (unpaired) electrons. The molecule has 3 rings (SSSR count). The number of amides is 1. The van der Waals surface area contributed by atoms with E-state index in [9.17, 15) is 4.79 Å². The molecular weight excluding hydrogens is 280 g/mol. The first kappa shape index (κ1) is 15.0. The number of rotatable bonds is 3. The molecule has 1 aromatic carbocycles. The second-order valence-electron chi connectivity index (χ2n) is 6.18. The molecule has 2 aromatic rings. The molecule has 1 aliphatic rings. The number of carbonyl (C=O) groups excluding carboxylic acids is 1. The van der Waals surface area contributed by atoms with E-state index in [1.807, 2.05) is 29.1 Å². The SMILES string of the molecule is CC(C)n1ncc2ccc(NC(=O)C3(N)CCOCC3)cc21. The summed E-state index contributed by atoms with van der Waals surface area (Å²) >= 11 is 0. The first-order chi connectivity index (χ1) is 10.5. The third-order valence-corrected chi connectivity index (χ3v) is 4.18. The summed E-state index contributed by atoms with van der Waals surface area (Å²) in [5, 5.41) is 8.38. The second kappa shape index (κ2) is 5.70. The molecule has 2 heterocycles. The second-order valence-corrected chi connectivity index (χ2v) is 6.18. The highest BCUT2D eigenvalue weighted by Crippen LogP contribution is 2.24. The van der Waals surface area contributed by atoms with Crippen LogP contribution in [-0.2, 0) is 9.53 Å². The van der Waals surface area contributed by atoms with Crippen molar-refractivity contribution >= 4 is 22.5 Å². The van der Waals surface area contributed by atoms with Crippen LogP contribution in [0.25, 0.3) is 10.9 Å². The van der Waals surface area contributed by atoms with Crippen LogP contribution in [0.5, 0.6) is 0 Å². The lowest BCUT2D eigenvalue weighted by atomic mass is 9.90. The number of hydrogen-bond donors (Lipinski definition) is 2. The third kappa shape index (κ3) is 2.71. The van der Waals surface area contributed by atoms with Gasteiger partial charge in [0.2, 0.25) is 5.91 Å². The van der Waals surface area contributed by atoms with E-state index in [1.54, 1.807) is 0 Å². The fraction of sp³-hybridized carbons (Fsp3) is 0.500. The number of carbonyl (C=O) groups is 1. The Balaban J connectivity index is 1.84. The predicted octanol–water partition coefficient (Wildman–Crippen LogP) is 2.06. The Morgan fingerprint density at radius 2 is 2.14 bits per heavy atom. The van der Waals surface area contributed by atoms with Crippen molar-refractivity contribution in [3.8, 4) is 0 Å². The van der Waals surface area contributed by atoms with Gasteiger partial charge >= 0.3 is 0 Å². The number of fused-ring (bicyclic) bond motifs is 1. The van der Waals surface area contributed by atoms with Crippen LogP contribution >= 0.6 is 0 Å². The van der Waals surface area contributed by atoms with Crippen LogP contribution in [0.2, 0.25) is 0 Å². The van der Waals surface area contributed by atoms with Gasteiger partial charge in [0.25, 0.3) is 0 Å². The fourth-order valence-corrected chi connectivity index (χ4v) is 2.75. The first-order valence-corrected chi connectivity index (χ1v) is 7.65. The Bertz CT molecular complexity index is 687. The van der Waals surface area contributed by atoms with E-state index in [1.165, 1.54) is 0 Å². The quantitative estimate of drug-likeness (QED) is 0.909. The summed E-state index contributed by atoms with van der Waals surface area (Å²) in [4.78, 5) is 12.5. The highest BCUT2D eigenvalue weighted by Gasteiger charge is 2.35. The number of nitrogens with zero attached hydrogens (tertiary/aromatic N) is 2. The Hall–Kier alpha value is -1.92. The summed E-state index contributed by atoms with van der Waals surface area (Å²) in [6.45, 7) is 5.22. The number of anilines is 1. The average Bonchev–Trinajstić information content (AvgIpc) is 2.91. The van der Waals surface area contributed by atoms with Crippen LogP contribution in [0.1, 0.15) is 32.7 Å². The van der Waals surface area contributed by atoms with Crippen molar-refractivity contribution in [1.82, 2.24) is 9.78 Å². The van der Waals surface area contributed by atoms with E-state index in [2.05, 4.69) is 24.3 Å². The van der Waals surface area contributed by atoms with Gasteiger partial charge in [0.1, 0.15) is 5.54 Å². The van der Waals surface area contributed by atoms with E-state index in [-0.39, 0.29) is 11.9 Å². The minimum absolute atomic E-state index is 0.147. The molecular formula is C16H22N4O2. The maximum Gasteiger partial charge on any atom is 0.244 e. The number of nitrogens with two attached hydrogens (primary N) is 1. The Kier molecular flexibility index (Phi) is 3.88. The largest absolute Gasteiger partial charge is 0.381 e. The molecule has 6 nitrogen and oxygen atoms in total. The first-order valence-electron chi connectivity index (χ1n) is 7.65. The van der Waals surface area contributed by atoms with E-state index in [0.29, 0.717) is 26.1 Å². The highest BCUT2D eigenvalue weighted by atomic mass is 16.5. The Morgan fingerprint density at radius 1 is 1.41 bits per heavy atom. The van der Waals surface area contributed by atoms with E-state index in [0.717, 1.165) is 16.6 Å². The number of hydrogen-bond acceptors (Lipinski definition) is 4. The monoisotopic (exact) mass is 302 g/mol. The van der Waals surface area contributed by atoms with Crippen LogP contribution in [-0.4, -0.2) is 34.4 Å². The number of nitrogens with one attached hydrogen (secondary N) is 1. The van der Waals surface area contributed by atoms with Gasteiger partial charge in [0.05, 0.1) is 11.7 Å². The maximum atomic E-state index is 12.5. The zero-order valence-electron chi connectivity index (χ0n) is 13.0. The molecule has 0 atom stereocenters. The molecule has 22 heavy (non-hydrogen) atoms. The lowest BCUT2D eigenvalue weighted by molar-refractivity contribution is -0.124. The molecule has 3 N–H and O–H groups in total. The van der Waals surface area contributed by atoms with Crippen molar-refractivity contribution in [3.63, 3.8) is 0 Å². The van der Waals surface area contributed by atoms with Gasteiger partial charge in [-0.2, -0.15) is 5.10 Å². The van der Waals surface area contributed by atoms with E-state index < -0.39 is 5.54 Å². The smallest absolute Gasteiger partial charge is 0.244 e. The van der Waals surface area contributed by atoms with Crippen molar-refractivity contribution in [3.05, 3.63) is 24.4 Å². The summed E-state index contributed by atoms with van der Waals surface area (Å²) in [7, 11) is 0. The van der Waals surface area contributed by atoms with E-state index >= 15 is 0 Å². The number of ether oxygens (including phenoxy) is 1. The topological polar surface area (TPSA) is 82.2 Å². The molecule has 0 unspecified atom stereocenters. The Morgan fingerprint density at radius 3 is 2.82 bits per heavy atom. The summed E-state index contributed by atoms with van der Waals surface area (Å²) in [5.74, 6) is -0.147. The standard InChI is InChI=1S/C16H22N4O2/c1-11(2)20-14-9-13(4-3-12(14)10-18-20)19-15(21)16(17)5-7-22-8-6-16/h3-4,9-11H,5-8,17H2,1-2H3,(H,19,21). The van der Waals surface area contributed by atoms with Gasteiger partial charge in [0, 0.05) is 30.3 Å². The van der Waals surface area contributed by atoms with Crippen molar-refractivity contribution in [2.24, 2.45) is 5.73 Å². The van der Waals surface area contributed by atoms with Gasteiger partial charge in [-0.05, 0) is 44.9 Å². The summed E-state index contributed by atoms with van der Waals surface area (Å²) in [6, 6.07) is 6.06. The van der Waals surface area contributed by atoms with Gasteiger partial charge in [0.15, 0.2) is 0 Å². The van der Waals surface area contributed by atoms with Gasteiger partial charge < -0.3 is 15.8 Å². The van der Waals surface area contributed by atoms with Crippen LogP contribution < -0.4 is 11.1 Å². The molecule has 0 bridgehead atoms. The summed E-state index contributed by atoms with van der Waals surface area (Å²) in [5.41, 5.74) is 7.12. The highest BCUT2D eigenvalue weighted by molar-refractivity contribution is 5.99. The third-order valence-electron chi connectivity index (χ3n) is 4.18.